The largest absolute Gasteiger partial charge is 0.493 e. The molecule has 0 fully saturated rings. The van der Waals surface area contributed by atoms with Gasteiger partial charge in [0.25, 0.3) is 5.91 Å². The summed E-state index contributed by atoms with van der Waals surface area (Å²) in [5.74, 6) is -0.652. The number of amides is 1. The smallest absolute Gasteiger partial charge is 0.326 e. The number of nitrogens with one attached hydrogen (secondary N) is 1. The number of carbonyl (C=O) groups excluding carboxylic acids is 1. The number of aryl methyl sites for hydroxylation is 1. The number of hydrogen-bond donors (Lipinski definition) is 2. The number of aliphatic carboxylic acids is 1. The first-order valence-corrected chi connectivity index (χ1v) is 7.83. The number of hydrogen-bond acceptors (Lipinski definition) is 4. The van der Waals surface area contributed by atoms with Crippen molar-refractivity contribution < 1.29 is 24.2 Å². The van der Waals surface area contributed by atoms with Gasteiger partial charge in [0.1, 0.15) is 6.04 Å². The van der Waals surface area contributed by atoms with Crippen molar-refractivity contribution in [3.05, 3.63) is 59.7 Å². The first kappa shape index (κ1) is 18.3. The standard InChI is InChI=1S/C19H21NO5/c1-13-8-9-16(17(10-13)24-2)25-12-18(21)20-15(19(22)23)11-14-6-4-3-5-7-14/h3-10,15H,11-12H2,1-2H3,(H,20,21)(H,22,23). The van der Waals surface area contributed by atoms with E-state index in [0.717, 1.165) is 11.1 Å². The normalized spacial score (nSPS) is 11.4. The van der Waals surface area contributed by atoms with Crippen molar-refractivity contribution in [2.24, 2.45) is 0 Å². The Morgan fingerprint density at radius 1 is 1.12 bits per heavy atom. The van der Waals surface area contributed by atoms with Crippen LogP contribution >= 0.6 is 0 Å². The van der Waals surface area contributed by atoms with E-state index in [1.54, 1.807) is 12.1 Å². The second kappa shape index (κ2) is 8.73. The molecule has 0 spiro atoms. The van der Waals surface area contributed by atoms with Gasteiger partial charge in [-0.2, -0.15) is 0 Å². The fourth-order valence-electron chi connectivity index (χ4n) is 2.32. The van der Waals surface area contributed by atoms with Crippen molar-refractivity contribution in [2.45, 2.75) is 19.4 Å². The van der Waals surface area contributed by atoms with Gasteiger partial charge >= 0.3 is 5.97 Å². The second-order valence-corrected chi connectivity index (χ2v) is 5.59. The molecule has 0 bridgehead atoms. The number of ether oxygens (including phenoxy) is 2. The maximum absolute atomic E-state index is 12.0. The minimum absolute atomic E-state index is 0.204. The lowest BCUT2D eigenvalue weighted by Crippen LogP contribution is -2.44. The van der Waals surface area contributed by atoms with Crippen LogP contribution in [0, 0.1) is 6.92 Å². The molecule has 1 amide bonds. The van der Waals surface area contributed by atoms with Crippen molar-refractivity contribution in [1.82, 2.24) is 5.32 Å². The highest BCUT2D eigenvalue weighted by Gasteiger charge is 2.20. The van der Waals surface area contributed by atoms with E-state index >= 15 is 0 Å². The Hall–Kier alpha value is -3.02. The summed E-state index contributed by atoms with van der Waals surface area (Å²) in [6.07, 6.45) is 0.204. The minimum Gasteiger partial charge on any atom is -0.493 e. The van der Waals surface area contributed by atoms with Crippen molar-refractivity contribution in [2.75, 3.05) is 13.7 Å². The molecule has 0 radical (unpaired) electrons. The van der Waals surface area contributed by atoms with Gasteiger partial charge in [0.05, 0.1) is 7.11 Å². The average molecular weight is 343 g/mol. The zero-order valence-corrected chi connectivity index (χ0v) is 14.2. The Morgan fingerprint density at radius 2 is 1.84 bits per heavy atom. The van der Waals surface area contributed by atoms with Gasteiger partial charge in [0.15, 0.2) is 18.1 Å². The Bertz CT molecular complexity index is 730. The van der Waals surface area contributed by atoms with Crippen LogP contribution in [0.5, 0.6) is 11.5 Å². The summed E-state index contributed by atoms with van der Waals surface area (Å²) in [7, 11) is 1.52. The lowest BCUT2D eigenvalue weighted by Gasteiger charge is -2.16. The number of carboxylic acid groups (broad SMARTS) is 1. The Kier molecular flexibility index (Phi) is 6.39. The Balaban J connectivity index is 1.94. The summed E-state index contributed by atoms with van der Waals surface area (Å²) in [6.45, 7) is 1.62. The summed E-state index contributed by atoms with van der Waals surface area (Å²) in [4.78, 5) is 23.4. The van der Waals surface area contributed by atoms with Crippen LogP contribution in [0.15, 0.2) is 48.5 Å². The summed E-state index contributed by atoms with van der Waals surface area (Å²) in [5, 5.41) is 11.8. The number of methoxy groups -OCH3 is 1. The van der Waals surface area contributed by atoms with E-state index in [0.29, 0.717) is 11.5 Å². The fourth-order valence-corrected chi connectivity index (χ4v) is 2.32. The molecule has 25 heavy (non-hydrogen) atoms. The molecule has 1 unspecified atom stereocenters. The third-order valence-corrected chi connectivity index (χ3v) is 3.59. The average Bonchev–Trinajstić information content (AvgIpc) is 2.60. The SMILES string of the molecule is COc1cc(C)ccc1OCC(=O)NC(Cc1ccccc1)C(=O)O. The number of rotatable bonds is 8. The molecule has 1 atom stereocenters. The molecule has 0 heterocycles. The monoisotopic (exact) mass is 343 g/mol. The van der Waals surface area contributed by atoms with E-state index in [1.807, 2.05) is 43.3 Å². The van der Waals surface area contributed by atoms with Gasteiger partial charge in [-0.1, -0.05) is 36.4 Å². The molecule has 2 rings (SSSR count). The number of carbonyl (C=O) groups is 2. The second-order valence-electron chi connectivity index (χ2n) is 5.59. The highest BCUT2D eigenvalue weighted by atomic mass is 16.5. The van der Waals surface area contributed by atoms with Gasteiger partial charge in [-0.15, -0.1) is 0 Å². The van der Waals surface area contributed by atoms with Crippen LogP contribution in [0.25, 0.3) is 0 Å². The number of carboxylic acids is 1. The molecule has 132 valence electrons. The molecule has 0 aliphatic heterocycles. The molecule has 0 aliphatic rings. The number of benzene rings is 2. The molecule has 0 aliphatic carbocycles. The summed E-state index contributed by atoms with van der Waals surface area (Å²) >= 11 is 0. The summed E-state index contributed by atoms with van der Waals surface area (Å²) in [6, 6.07) is 13.4. The molecule has 0 aromatic heterocycles. The molecule has 0 saturated carbocycles. The van der Waals surface area contributed by atoms with Crippen LogP contribution in [0.4, 0.5) is 0 Å². The van der Waals surface area contributed by atoms with Crippen LogP contribution < -0.4 is 14.8 Å². The lowest BCUT2D eigenvalue weighted by atomic mass is 10.1. The van der Waals surface area contributed by atoms with E-state index in [1.165, 1.54) is 7.11 Å². The highest BCUT2D eigenvalue weighted by Crippen LogP contribution is 2.27. The van der Waals surface area contributed by atoms with E-state index in [-0.39, 0.29) is 13.0 Å². The Labute approximate surface area is 146 Å². The van der Waals surface area contributed by atoms with Crippen molar-refractivity contribution in [3.8, 4) is 11.5 Å². The van der Waals surface area contributed by atoms with Gasteiger partial charge in [-0.05, 0) is 30.2 Å². The topological polar surface area (TPSA) is 84.9 Å². The fraction of sp³-hybridized carbons (Fsp3) is 0.263. The van der Waals surface area contributed by atoms with E-state index in [2.05, 4.69) is 5.32 Å². The molecular formula is C19H21NO5. The van der Waals surface area contributed by atoms with Gasteiger partial charge in [0.2, 0.25) is 0 Å². The third-order valence-electron chi connectivity index (χ3n) is 3.59. The van der Waals surface area contributed by atoms with Gasteiger partial charge in [-0.3, -0.25) is 4.79 Å². The predicted molar refractivity (Wildman–Crippen MR) is 92.9 cm³/mol. The van der Waals surface area contributed by atoms with E-state index < -0.39 is 17.9 Å². The molecule has 6 nitrogen and oxygen atoms in total. The first-order valence-electron chi connectivity index (χ1n) is 7.83. The summed E-state index contributed by atoms with van der Waals surface area (Å²) in [5.41, 5.74) is 1.83. The van der Waals surface area contributed by atoms with Gasteiger partial charge < -0.3 is 19.9 Å². The predicted octanol–water partition coefficient (Wildman–Crippen LogP) is 2.19. The maximum Gasteiger partial charge on any atom is 0.326 e. The van der Waals surface area contributed by atoms with Gasteiger partial charge in [-0.25, -0.2) is 4.79 Å². The molecule has 2 aromatic carbocycles. The lowest BCUT2D eigenvalue weighted by molar-refractivity contribution is -0.142. The van der Waals surface area contributed by atoms with Gasteiger partial charge in [0, 0.05) is 6.42 Å². The van der Waals surface area contributed by atoms with E-state index in [4.69, 9.17) is 9.47 Å². The maximum atomic E-state index is 12.0. The first-order chi connectivity index (χ1) is 12.0. The highest BCUT2D eigenvalue weighted by molar-refractivity contribution is 5.84. The molecule has 6 heteroatoms. The Morgan fingerprint density at radius 3 is 2.48 bits per heavy atom. The van der Waals surface area contributed by atoms with Crippen LogP contribution in [0.2, 0.25) is 0 Å². The van der Waals surface area contributed by atoms with Crippen molar-refractivity contribution >= 4 is 11.9 Å². The summed E-state index contributed by atoms with van der Waals surface area (Å²) < 4.78 is 10.7. The quantitative estimate of drug-likeness (QED) is 0.767. The van der Waals surface area contributed by atoms with Crippen LogP contribution in [-0.2, 0) is 16.0 Å². The molecule has 2 aromatic rings. The zero-order valence-electron chi connectivity index (χ0n) is 14.2. The zero-order chi connectivity index (χ0) is 18.2. The van der Waals surface area contributed by atoms with Crippen LogP contribution in [0.3, 0.4) is 0 Å². The third kappa shape index (κ3) is 5.53. The van der Waals surface area contributed by atoms with Crippen molar-refractivity contribution in [3.63, 3.8) is 0 Å². The van der Waals surface area contributed by atoms with E-state index in [9.17, 15) is 14.7 Å². The molecule has 2 N–H and O–H groups in total. The minimum atomic E-state index is -1.09. The molecule has 0 saturated heterocycles. The van der Waals surface area contributed by atoms with Crippen LogP contribution in [-0.4, -0.2) is 36.7 Å². The van der Waals surface area contributed by atoms with Crippen molar-refractivity contribution in [1.29, 1.82) is 0 Å². The molecular weight excluding hydrogens is 322 g/mol. The van der Waals surface area contributed by atoms with Crippen LogP contribution in [0.1, 0.15) is 11.1 Å².